The van der Waals surface area contributed by atoms with Crippen LogP contribution in [0, 0.1) is 0 Å². The summed E-state index contributed by atoms with van der Waals surface area (Å²) in [4.78, 5) is 11.9. The largest absolute Gasteiger partial charge is 0.384 e. The van der Waals surface area contributed by atoms with Gasteiger partial charge >= 0.3 is 0 Å². The van der Waals surface area contributed by atoms with Crippen molar-refractivity contribution >= 4 is 17.0 Å². The molecule has 0 aliphatic carbocycles. The third-order valence-corrected chi connectivity index (χ3v) is 3.14. The average Bonchev–Trinajstić information content (AvgIpc) is 2.94. The van der Waals surface area contributed by atoms with Gasteiger partial charge in [0.25, 0.3) is 0 Å². The normalized spacial score (nSPS) is 20.1. The Morgan fingerprint density at radius 2 is 2.35 bits per heavy atom. The van der Waals surface area contributed by atoms with Crippen LogP contribution in [0.15, 0.2) is 12.1 Å². The Bertz CT molecular complexity index is 516. The van der Waals surface area contributed by atoms with Crippen LogP contribution in [0.25, 0.3) is 11.2 Å². The number of ether oxygens (including phenoxy) is 1. The fraction of sp³-hybridized carbons (Fsp3) is 0.500. The number of nitrogen functional groups attached to an aromatic ring is 1. The van der Waals surface area contributed by atoms with Crippen molar-refractivity contribution in [2.24, 2.45) is 0 Å². The number of nitrogens with two attached hydrogens (primary N) is 1. The maximum absolute atomic E-state index is 5.62. The zero-order chi connectivity index (χ0) is 11.7. The molecule has 5 nitrogen and oxygen atoms in total. The summed E-state index contributed by atoms with van der Waals surface area (Å²) >= 11 is 0. The van der Waals surface area contributed by atoms with E-state index in [-0.39, 0.29) is 0 Å². The Morgan fingerprint density at radius 3 is 3.18 bits per heavy atom. The summed E-state index contributed by atoms with van der Waals surface area (Å²) in [6, 6.07) is 3.70. The van der Waals surface area contributed by atoms with E-state index in [1.807, 2.05) is 6.07 Å². The molecule has 1 atom stereocenters. The molecule has 0 spiro atoms. The molecule has 0 amide bonds. The van der Waals surface area contributed by atoms with Crippen LogP contribution in [0.1, 0.15) is 25.1 Å². The monoisotopic (exact) mass is 232 g/mol. The molecule has 17 heavy (non-hydrogen) atoms. The number of rotatable bonds is 3. The summed E-state index contributed by atoms with van der Waals surface area (Å²) in [5.41, 5.74) is 7.27. The minimum atomic E-state index is 0.404. The summed E-state index contributed by atoms with van der Waals surface area (Å²) in [6.07, 6.45) is 4.69. The lowest BCUT2D eigenvalue weighted by atomic mass is 10.1. The highest BCUT2D eigenvalue weighted by atomic mass is 16.5. The number of aryl methyl sites for hydroxylation is 1. The molecule has 3 heterocycles. The van der Waals surface area contributed by atoms with E-state index in [1.165, 1.54) is 12.8 Å². The molecule has 1 saturated heterocycles. The van der Waals surface area contributed by atoms with Crippen LogP contribution in [0.5, 0.6) is 0 Å². The second-order valence-corrected chi connectivity index (χ2v) is 4.46. The van der Waals surface area contributed by atoms with Crippen molar-refractivity contribution in [1.29, 1.82) is 0 Å². The smallest absolute Gasteiger partial charge is 0.179 e. The SMILES string of the molecule is Nc1ccc2[nH]c(CCC3CCCO3)nc2n1. The molecule has 2 aromatic rings. The molecule has 3 N–H and O–H groups in total. The van der Waals surface area contributed by atoms with Gasteiger partial charge in [-0.05, 0) is 31.4 Å². The summed E-state index contributed by atoms with van der Waals surface area (Å²) in [6.45, 7) is 0.906. The van der Waals surface area contributed by atoms with Gasteiger partial charge in [-0.25, -0.2) is 9.97 Å². The zero-order valence-corrected chi connectivity index (χ0v) is 9.65. The quantitative estimate of drug-likeness (QED) is 0.843. The molecular formula is C12H16N4O. The van der Waals surface area contributed by atoms with Gasteiger partial charge in [-0.2, -0.15) is 0 Å². The van der Waals surface area contributed by atoms with Crippen molar-refractivity contribution in [1.82, 2.24) is 15.0 Å². The third-order valence-electron chi connectivity index (χ3n) is 3.14. The fourth-order valence-corrected chi connectivity index (χ4v) is 2.25. The molecule has 1 aliphatic heterocycles. The van der Waals surface area contributed by atoms with Gasteiger partial charge in [0.05, 0.1) is 11.6 Å². The highest BCUT2D eigenvalue weighted by Gasteiger charge is 2.16. The fourth-order valence-electron chi connectivity index (χ4n) is 2.25. The van der Waals surface area contributed by atoms with Gasteiger partial charge in [0.15, 0.2) is 5.65 Å². The van der Waals surface area contributed by atoms with Crippen LogP contribution in [0.3, 0.4) is 0 Å². The van der Waals surface area contributed by atoms with Crippen LogP contribution >= 0.6 is 0 Å². The van der Waals surface area contributed by atoms with Gasteiger partial charge in [-0.1, -0.05) is 0 Å². The second-order valence-electron chi connectivity index (χ2n) is 4.46. The number of nitrogens with zero attached hydrogens (tertiary/aromatic N) is 2. The molecule has 1 aliphatic rings. The number of hydrogen-bond donors (Lipinski definition) is 2. The number of imidazole rings is 1. The first-order valence-electron chi connectivity index (χ1n) is 6.04. The van der Waals surface area contributed by atoms with E-state index in [1.54, 1.807) is 6.07 Å². The molecule has 1 fully saturated rings. The first kappa shape index (κ1) is 10.5. The first-order valence-corrected chi connectivity index (χ1v) is 6.04. The maximum Gasteiger partial charge on any atom is 0.179 e. The number of fused-ring (bicyclic) bond motifs is 1. The number of H-pyrrole nitrogens is 1. The molecule has 0 radical (unpaired) electrons. The number of aromatic nitrogens is 3. The topological polar surface area (TPSA) is 76.8 Å². The van der Waals surface area contributed by atoms with E-state index in [9.17, 15) is 0 Å². The van der Waals surface area contributed by atoms with Crippen molar-refractivity contribution < 1.29 is 4.74 Å². The van der Waals surface area contributed by atoms with Crippen LogP contribution in [0.2, 0.25) is 0 Å². The van der Waals surface area contributed by atoms with E-state index in [4.69, 9.17) is 10.5 Å². The van der Waals surface area contributed by atoms with Gasteiger partial charge in [-0.3, -0.25) is 0 Å². The molecule has 3 rings (SSSR count). The Labute approximate surface area is 99.4 Å². The molecular weight excluding hydrogens is 216 g/mol. The highest BCUT2D eigenvalue weighted by Crippen LogP contribution is 2.18. The predicted octanol–water partition coefficient (Wildman–Crippen LogP) is 1.65. The number of anilines is 1. The number of hydrogen-bond acceptors (Lipinski definition) is 4. The standard InChI is InChI=1S/C12H16N4O/c13-10-5-4-9-12(15-10)16-11(14-9)6-3-8-2-1-7-17-8/h4-5,8H,1-3,6-7H2,(H3,13,14,15,16). The van der Waals surface area contributed by atoms with E-state index < -0.39 is 0 Å². The van der Waals surface area contributed by atoms with Crippen molar-refractivity contribution in [3.8, 4) is 0 Å². The summed E-state index contributed by atoms with van der Waals surface area (Å²) < 4.78 is 5.59. The molecule has 0 saturated carbocycles. The van der Waals surface area contributed by atoms with Gasteiger partial charge in [-0.15, -0.1) is 0 Å². The van der Waals surface area contributed by atoms with Gasteiger partial charge in [0, 0.05) is 13.0 Å². The van der Waals surface area contributed by atoms with Crippen LogP contribution < -0.4 is 5.73 Å². The number of pyridine rings is 1. The molecule has 90 valence electrons. The zero-order valence-electron chi connectivity index (χ0n) is 9.65. The van der Waals surface area contributed by atoms with E-state index in [0.29, 0.717) is 17.6 Å². The lowest BCUT2D eigenvalue weighted by Gasteiger charge is -2.06. The van der Waals surface area contributed by atoms with E-state index >= 15 is 0 Å². The Morgan fingerprint density at radius 1 is 1.41 bits per heavy atom. The second kappa shape index (κ2) is 4.33. The number of aromatic amines is 1. The minimum absolute atomic E-state index is 0.404. The van der Waals surface area contributed by atoms with Gasteiger partial charge < -0.3 is 15.5 Å². The average molecular weight is 232 g/mol. The Hall–Kier alpha value is -1.62. The number of nitrogens with one attached hydrogen (secondary N) is 1. The molecule has 0 bridgehead atoms. The van der Waals surface area contributed by atoms with Crippen LogP contribution in [0.4, 0.5) is 5.82 Å². The first-order chi connectivity index (χ1) is 8.31. The Kier molecular flexibility index (Phi) is 2.68. The minimum Gasteiger partial charge on any atom is -0.384 e. The van der Waals surface area contributed by atoms with Crippen molar-refractivity contribution in [3.63, 3.8) is 0 Å². The lowest BCUT2D eigenvalue weighted by Crippen LogP contribution is -2.06. The molecule has 1 unspecified atom stereocenters. The van der Waals surface area contributed by atoms with Crippen molar-refractivity contribution in [2.75, 3.05) is 12.3 Å². The third kappa shape index (κ3) is 2.24. The van der Waals surface area contributed by atoms with Crippen LogP contribution in [-0.4, -0.2) is 27.7 Å². The maximum atomic E-state index is 5.62. The Balaban J connectivity index is 1.72. The molecule has 5 heteroatoms. The predicted molar refractivity (Wildman–Crippen MR) is 65.6 cm³/mol. The van der Waals surface area contributed by atoms with Crippen LogP contribution in [-0.2, 0) is 11.2 Å². The van der Waals surface area contributed by atoms with Gasteiger partial charge in [0.2, 0.25) is 0 Å². The summed E-state index contributed by atoms with van der Waals surface area (Å²) in [5.74, 6) is 1.48. The highest BCUT2D eigenvalue weighted by molar-refractivity contribution is 5.72. The van der Waals surface area contributed by atoms with E-state index in [0.717, 1.165) is 30.8 Å². The van der Waals surface area contributed by atoms with Crippen molar-refractivity contribution in [2.45, 2.75) is 31.8 Å². The summed E-state index contributed by atoms with van der Waals surface area (Å²) in [5, 5.41) is 0. The summed E-state index contributed by atoms with van der Waals surface area (Å²) in [7, 11) is 0. The molecule has 2 aromatic heterocycles. The van der Waals surface area contributed by atoms with Crippen molar-refractivity contribution in [3.05, 3.63) is 18.0 Å². The van der Waals surface area contributed by atoms with Gasteiger partial charge in [0.1, 0.15) is 11.6 Å². The lowest BCUT2D eigenvalue weighted by molar-refractivity contribution is 0.104. The van der Waals surface area contributed by atoms with E-state index in [2.05, 4.69) is 15.0 Å². The molecule has 0 aromatic carbocycles.